The molecule has 19 heavy (non-hydrogen) atoms. The van der Waals surface area contributed by atoms with E-state index in [0.29, 0.717) is 17.6 Å². The molecule has 0 fully saturated rings. The van der Waals surface area contributed by atoms with Gasteiger partial charge in [0.25, 0.3) is 0 Å². The second-order valence-electron chi connectivity index (χ2n) is 4.09. The van der Waals surface area contributed by atoms with Gasteiger partial charge in [-0.15, -0.1) is 0 Å². The minimum absolute atomic E-state index is 0.0906. The third-order valence-corrected chi connectivity index (χ3v) is 2.90. The lowest BCUT2D eigenvalue weighted by Crippen LogP contribution is -2.14. The Kier molecular flexibility index (Phi) is 4.45. The molecule has 0 spiro atoms. The van der Waals surface area contributed by atoms with Crippen molar-refractivity contribution in [1.82, 2.24) is 5.32 Å². The fourth-order valence-corrected chi connectivity index (χ4v) is 1.77. The van der Waals surface area contributed by atoms with Gasteiger partial charge < -0.3 is 5.32 Å². The van der Waals surface area contributed by atoms with E-state index in [-0.39, 0.29) is 12.1 Å². The lowest BCUT2D eigenvalue weighted by Gasteiger charge is -2.07. The first-order valence-corrected chi connectivity index (χ1v) is 6.02. The summed E-state index contributed by atoms with van der Waals surface area (Å²) in [5, 5.41) is 3.59. The van der Waals surface area contributed by atoms with Crippen molar-refractivity contribution < 1.29 is 13.2 Å². The lowest BCUT2D eigenvalue weighted by molar-refractivity contribution is 0.487. The van der Waals surface area contributed by atoms with Crippen LogP contribution in [0.4, 0.5) is 13.2 Å². The Morgan fingerprint density at radius 3 is 2.16 bits per heavy atom. The van der Waals surface area contributed by atoms with Crippen molar-refractivity contribution in [3.63, 3.8) is 0 Å². The van der Waals surface area contributed by atoms with Crippen molar-refractivity contribution in [3.8, 4) is 0 Å². The zero-order valence-electron chi connectivity index (χ0n) is 9.89. The smallest absolute Gasteiger partial charge is 0.161 e. The van der Waals surface area contributed by atoms with E-state index in [4.69, 9.17) is 11.6 Å². The molecule has 100 valence electrons. The quantitative estimate of drug-likeness (QED) is 0.836. The summed E-state index contributed by atoms with van der Waals surface area (Å²) < 4.78 is 39.1. The Hall–Kier alpha value is -1.52. The summed E-state index contributed by atoms with van der Waals surface area (Å²) in [6.45, 7) is 0.598. The van der Waals surface area contributed by atoms with Gasteiger partial charge in [-0.25, -0.2) is 13.2 Å². The van der Waals surface area contributed by atoms with Crippen LogP contribution in [-0.4, -0.2) is 0 Å². The number of rotatable bonds is 4. The Morgan fingerprint density at radius 2 is 1.47 bits per heavy atom. The van der Waals surface area contributed by atoms with Gasteiger partial charge in [-0.1, -0.05) is 23.7 Å². The third kappa shape index (κ3) is 3.72. The van der Waals surface area contributed by atoms with Gasteiger partial charge in [-0.2, -0.15) is 0 Å². The first-order chi connectivity index (χ1) is 9.06. The molecule has 0 aliphatic carbocycles. The van der Waals surface area contributed by atoms with E-state index in [1.807, 2.05) is 12.1 Å². The van der Waals surface area contributed by atoms with Gasteiger partial charge >= 0.3 is 0 Å². The predicted octanol–water partition coefficient (Wildman–Crippen LogP) is 4.05. The van der Waals surface area contributed by atoms with Gasteiger partial charge in [0.15, 0.2) is 11.6 Å². The van der Waals surface area contributed by atoms with Crippen LogP contribution < -0.4 is 5.32 Å². The Labute approximate surface area is 114 Å². The van der Waals surface area contributed by atoms with Crippen LogP contribution in [0.2, 0.25) is 5.02 Å². The Bertz CT molecular complexity index is 570. The zero-order chi connectivity index (χ0) is 13.8. The monoisotopic (exact) mass is 285 g/mol. The predicted molar refractivity (Wildman–Crippen MR) is 68.3 cm³/mol. The highest BCUT2D eigenvalue weighted by Gasteiger charge is 2.09. The van der Waals surface area contributed by atoms with Crippen molar-refractivity contribution in [2.24, 2.45) is 0 Å². The molecule has 0 amide bonds. The van der Waals surface area contributed by atoms with Gasteiger partial charge in [-0.3, -0.25) is 0 Å². The van der Waals surface area contributed by atoms with E-state index < -0.39 is 17.5 Å². The molecule has 1 N–H and O–H groups in total. The first-order valence-electron chi connectivity index (χ1n) is 5.65. The molecule has 0 atom stereocenters. The van der Waals surface area contributed by atoms with Crippen LogP contribution >= 0.6 is 11.6 Å². The van der Waals surface area contributed by atoms with Gasteiger partial charge in [0, 0.05) is 29.7 Å². The van der Waals surface area contributed by atoms with E-state index in [0.717, 1.165) is 11.6 Å². The lowest BCUT2D eigenvalue weighted by atomic mass is 10.2. The molecule has 5 heteroatoms. The fourth-order valence-electron chi connectivity index (χ4n) is 1.64. The topological polar surface area (TPSA) is 12.0 Å². The summed E-state index contributed by atoms with van der Waals surface area (Å²) >= 11 is 5.75. The van der Waals surface area contributed by atoms with E-state index >= 15 is 0 Å². The molecule has 0 heterocycles. The van der Waals surface area contributed by atoms with Crippen LogP contribution in [0.25, 0.3) is 0 Å². The van der Waals surface area contributed by atoms with E-state index in [9.17, 15) is 13.2 Å². The largest absolute Gasteiger partial charge is 0.309 e. The maximum Gasteiger partial charge on any atom is 0.161 e. The van der Waals surface area contributed by atoms with Crippen molar-refractivity contribution in [1.29, 1.82) is 0 Å². The highest BCUT2D eigenvalue weighted by molar-refractivity contribution is 6.30. The van der Waals surface area contributed by atoms with Crippen LogP contribution in [0.5, 0.6) is 0 Å². The Balaban J connectivity index is 1.96. The molecule has 1 nitrogen and oxygen atoms in total. The van der Waals surface area contributed by atoms with Crippen LogP contribution in [0.3, 0.4) is 0 Å². The van der Waals surface area contributed by atoms with Crippen LogP contribution in [0.15, 0.2) is 36.4 Å². The molecule has 0 radical (unpaired) electrons. The Morgan fingerprint density at radius 1 is 0.842 bits per heavy atom. The van der Waals surface area contributed by atoms with Crippen LogP contribution in [0, 0.1) is 17.5 Å². The fraction of sp³-hybridized carbons (Fsp3) is 0.143. The summed E-state index contributed by atoms with van der Waals surface area (Å²) in [5.41, 5.74) is 1.06. The number of benzene rings is 2. The molecule has 2 aromatic carbocycles. The molecule has 0 bridgehead atoms. The molecule has 0 aliphatic heterocycles. The molecule has 0 aliphatic rings. The molecule has 0 saturated carbocycles. The van der Waals surface area contributed by atoms with Crippen molar-refractivity contribution in [2.75, 3.05) is 0 Å². The van der Waals surface area contributed by atoms with E-state index in [2.05, 4.69) is 5.32 Å². The average molecular weight is 286 g/mol. The second kappa shape index (κ2) is 6.08. The molecule has 0 saturated heterocycles. The molecule has 0 unspecified atom stereocenters. The summed E-state index contributed by atoms with van der Waals surface area (Å²) in [7, 11) is 0. The summed E-state index contributed by atoms with van der Waals surface area (Å²) in [6, 6.07) is 8.56. The zero-order valence-corrected chi connectivity index (χ0v) is 10.6. The van der Waals surface area contributed by atoms with Gasteiger partial charge in [0.05, 0.1) is 0 Å². The summed E-state index contributed by atoms with van der Waals surface area (Å²) in [4.78, 5) is 0. The second-order valence-corrected chi connectivity index (χ2v) is 4.52. The maximum absolute atomic E-state index is 13.3. The number of nitrogens with one attached hydrogen (secondary N) is 1. The van der Waals surface area contributed by atoms with Crippen LogP contribution in [0.1, 0.15) is 11.1 Å². The molecular formula is C14H11ClF3N. The van der Waals surface area contributed by atoms with Crippen molar-refractivity contribution in [3.05, 3.63) is 70.0 Å². The van der Waals surface area contributed by atoms with Crippen molar-refractivity contribution >= 4 is 11.6 Å². The van der Waals surface area contributed by atoms with Crippen LogP contribution in [-0.2, 0) is 13.1 Å². The van der Waals surface area contributed by atoms with Crippen molar-refractivity contribution in [2.45, 2.75) is 13.1 Å². The third-order valence-electron chi connectivity index (χ3n) is 2.65. The van der Waals surface area contributed by atoms with Gasteiger partial charge in [0.1, 0.15) is 5.82 Å². The first kappa shape index (κ1) is 13.9. The maximum atomic E-state index is 13.3. The molecule has 0 aromatic heterocycles. The van der Waals surface area contributed by atoms with E-state index in [1.54, 1.807) is 12.1 Å². The minimum Gasteiger partial charge on any atom is -0.309 e. The molecular weight excluding hydrogens is 275 g/mol. The standard InChI is InChI=1S/C14H11ClF3N/c15-11-3-1-9(2-4-11)7-19-8-10-5-13(17)14(18)6-12(10)16/h1-6,19H,7-8H2. The highest BCUT2D eigenvalue weighted by Crippen LogP contribution is 2.14. The van der Waals surface area contributed by atoms with Gasteiger partial charge in [0.2, 0.25) is 0 Å². The molecule has 2 aromatic rings. The SMILES string of the molecule is Fc1cc(F)c(CNCc2ccc(Cl)cc2)cc1F. The average Bonchev–Trinajstić information content (AvgIpc) is 2.38. The normalized spacial score (nSPS) is 10.7. The number of halogens is 4. The van der Waals surface area contributed by atoms with E-state index in [1.165, 1.54) is 0 Å². The summed E-state index contributed by atoms with van der Waals surface area (Å²) in [5.74, 6) is -2.99. The van der Waals surface area contributed by atoms with Gasteiger partial charge in [-0.05, 0) is 23.8 Å². The summed E-state index contributed by atoms with van der Waals surface area (Å²) in [6.07, 6.45) is 0. The number of hydrogen-bond donors (Lipinski definition) is 1. The number of hydrogen-bond acceptors (Lipinski definition) is 1. The highest BCUT2D eigenvalue weighted by atomic mass is 35.5. The molecule has 2 rings (SSSR count). The minimum atomic E-state index is -1.18.